The predicted octanol–water partition coefficient (Wildman–Crippen LogP) is 3.84. The normalized spacial score (nSPS) is 24.3. The first kappa shape index (κ1) is 13.7. The van der Waals surface area contributed by atoms with Crippen LogP contribution in [0.1, 0.15) is 38.7 Å². The summed E-state index contributed by atoms with van der Waals surface area (Å²) in [6.45, 7) is 8.50. The van der Waals surface area contributed by atoms with Gasteiger partial charge in [-0.3, -0.25) is 0 Å². The van der Waals surface area contributed by atoms with Gasteiger partial charge < -0.3 is 10.1 Å². The summed E-state index contributed by atoms with van der Waals surface area (Å²) < 4.78 is 5.67. The van der Waals surface area contributed by atoms with Crippen LogP contribution in [-0.2, 0) is 0 Å². The van der Waals surface area contributed by atoms with Crippen molar-refractivity contribution in [2.24, 2.45) is 5.92 Å². The van der Waals surface area contributed by atoms with Crippen molar-refractivity contribution in [2.45, 2.75) is 39.2 Å². The third-order valence-corrected chi connectivity index (χ3v) is 3.83. The zero-order valence-electron chi connectivity index (χ0n) is 11.4. The standard InChI is InChI=1S/C15H22ClNO/c1-10(2)18-15-5-4-12(8-14(15)16)13-6-7-17-9-11(13)3/h4-5,8,10-11,13,17H,6-7,9H2,1-3H3. The van der Waals surface area contributed by atoms with E-state index in [4.69, 9.17) is 16.3 Å². The average molecular weight is 268 g/mol. The quantitative estimate of drug-likeness (QED) is 0.898. The summed E-state index contributed by atoms with van der Waals surface area (Å²) in [6.07, 6.45) is 1.34. The molecule has 3 heteroatoms. The third-order valence-electron chi connectivity index (χ3n) is 3.53. The van der Waals surface area contributed by atoms with Gasteiger partial charge in [0.1, 0.15) is 5.75 Å². The second kappa shape index (κ2) is 5.94. The third kappa shape index (κ3) is 3.18. The number of hydrogen-bond donors (Lipinski definition) is 1. The monoisotopic (exact) mass is 267 g/mol. The summed E-state index contributed by atoms with van der Waals surface area (Å²) in [7, 11) is 0. The van der Waals surface area contributed by atoms with Crippen molar-refractivity contribution in [3.05, 3.63) is 28.8 Å². The smallest absolute Gasteiger partial charge is 0.138 e. The molecule has 0 radical (unpaired) electrons. The highest BCUT2D eigenvalue weighted by Crippen LogP contribution is 2.34. The van der Waals surface area contributed by atoms with Crippen LogP contribution in [0.2, 0.25) is 5.02 Å². The van der Waals surface area contributed by atoms with E-state index in [2.05, 4.69) is 24.4 Å². The number of hydrogen-bond acceptors (Lipinski definition) is 2. The van der Waals surface area contributed by atoms with Gasteiger partial charge in [-0.25, -0.2) is 0 Å². The Balaban J connectivity index is 2.17. The summed E-state index contributed by atoms with van der Waals surface area (Å²) in [5.41, 5.74) is 1.34. The fraction of sp³-hybridized carbons (Fsp3) is 0.600. The lowest BCUT2D eigenvalue weighted by Crippen LogP contribution is -2.33. The van der Waals surface area contributed by atoms with E-state index >= 15 is 0 Å². The average Bonchev–Trinajstić information content (AvgIpc) is 2.32. The van der Waals surface area contributed by atoms with Gasteiger partial charge in [0, 0.05) is 0 Å². The van der Waals surface area contributed by atoms with Crippen LogP contribution in [0.5, 0.6) is 5.75 Å². The maximum absolute atomic E-state index is 6.30. The van der Waals surface area contributed by atoms with Crippen molar-refractivity contribution in [1.29, 1.82) is 0 Å². The molecule has 2 unspecified atom stereocenters. The van der Waals surface area contributed by atoms with Crippen LogP contribution in [-0.4, -0.2) is 19.2 Å². The van der Waals surface area contributed by atoms with Gasteiger partial charge in [-0.2, -0.15) is 0 Å². The molecule has 2 nitrogen and oxygen atoms in total. The van der Waals surface area contributed by atoms with Gasteiger partial charge in [-0.05, 0) is 62.9 Å². The van der Waals surface area contributed by atoms with E-state index in [1.165, 1.54) is 12.0 Å². The molecule has 0 amide bonds. The lowest BCUT2D eigenvalue weighted by Gasteiger charge is -2.30. The van der Waals surface area contributed by atoms with Crippen molar-refractivity contribution in [1.82, 2.24) is 5.32 Å². The first-order valence-electron chi connectivity index (χ1n) is 6.74. The van der Waals surface area contributed by atoms with E-state index in [9.17, 15) is 0 Å². The van der Waals surface area contributed by atoms with Crippen molar-refractivity contribution in [3.63, 3.8) is 0 Å². The zero-order valence-corrected chi connectivity index (χ0v) is 12.1. The molecule has 0 aliphatic carbocycles. The van der Waals surface area contributed by atoms with Crippen LogP contribution in [0, 0.1) is 5.92 Å². The van der Waals surface area contributed by atoms with E-state index in [-0.39, 0.29) is 6.10 Å². The molecule has 100 valence electrons. The fourth-order valence-electron chi connectivity index (χ4n) is 2.61. The molecule has 0 bridgehead atoms. The van der Waals surface area contributed by atoms with Crippen LogP contribution in [0.25, 0.3) is 0 Å². The van der Waals surface area contributed by atoms with Crippen LogP contribution < -0.4 is 10.1 Å². The van der Waals surface area contributed by atoms with Gasteiger partial charge in [0.25, 0.3) is 0 Å². The largest absolute Gasteiger partial charge is 0.489 e. The maximum Gasteiger partial charge on any atom is 0.138 e. The van der Waals surface area contributed by atoms with Gasteiger partial charge in [0.15, 0.2) is 0 Å². The highest BCUT2D eigenvalue weighted by atomic mass is 35.5. The van der Waals surface area contributed by atoms with Crippen LogP contribution >= 0.6 is 11.6 Å². The van der Waals surface area contributed by atoms with Crippen molar-refractivity contribution in [2.75, 3.05) is 13.1 Å². The number of rotatable bonds is 3. The molecule has 1 aromatic rings. The summed E-state index contributed by atoms with van der Waals surface area (Å²) in [5.74, 6) is 2.06. The molecule has 0 aromatic heterocycles. The van der Waals surface area contributed by atoms with Crippen LogP contribution in [0.15, 0.2) is 18.2 Å². The van der Waals surface area contributed by atoms with Crippen LogP contribution in [0.3, 0.4) is 0 Å². The van der Waals surface area contributed by atoms with Crippen molar-refractivity contribution < 1.29 is 4.74 Å². The molecular weight excluding hydrogens is 246 g/mol. The summed E-state index contributed by atoms with van der Waals surface area (Å²) in [5, 5.41) is 4.16. The number of benzene rings is 1. The first-order chi connectivity index (χ1) is 8.58. The van der Waals surface area contributed by atoms with E-state index < -0.39 is 0 Å². The minimum atomic E-state index is 0.158. The summed E-state index contributed by atoms with van der Waals surface area (Å²) >= 11 is 6.30. The minimum absolute atomic E-state index is 0.158. The van der Waals surface area contributed by atoms with Gasteiger partial charge in [0.2, 0.25) is 0 Å². The lowest BCUT2D eigenvalue weighted by molar-refractivity contribution is 0.242. The summed E-state index contributed by atoms with van der Waals surface area (Å²) in [6, 6.07) is 6.24. The molecule has 18 heavy (non-hydrogen) atoms. The van der Waals surface area contributed by atoms with Gasteiger partial charge >= 0.3 is 0 Å². The minimum Gasteiger partial charge on any atom is -0.489 e. The highest BCUT2D eigenvalue weighted by molar-refractivity contribution is 6.32. The predicted molar refractivity (Wildman–Crippen MR) is 76.6 cm³/mol. The molecule has 1 aliphatic heterocycles. The van der Waals surface area contributed by atoms with E-state index in [0.717, 1.165) is 23.9 Å². The van der Waals surface area contributed by atoms with Crippen molar-refractivity contribution in [3.8, 4) is 5.75 Å². The maximum atomic E-state index is 6.30. The highest BCUT2D eigenvalue weighted by Gasteiger charge is 2.23. The SMILES string of the molecule is CC(C)Oc1ccc(C2CCNCC2C)cc1Cl. The Morgan fingerprint density at radius 1 is 1.39 bits per heavy atom. The lowest BCUT2D eigenvalue weighted by atomic mass is 9.82. The molecular formula is C15H22ClNO. The Morgan fingerprint density at radius 3 is 2.78 bits per heavy atom. The number of nitrogens with one attached hydrogen (secondary N) is 1. The van der Waals surface area contributed by atoms with E-state index in [1.807, 2.05) is 19.9 Å². The first-order valence-corrected chi connectivity index (χ1v) is 7.12. The molecule has 0 spiro atoms. The Bertz CT molecular complexity index is 405. The molecule has 2 atom stereocenters. The topological polar surface area (TPSA) is 21.3 Å². The number of halogens is 1. The number of ether oxygens (including phenoxy) is 1. The molecule has 1 aromatic carbocycles. The van der Waals surface area contributed by atoms with Crippen molar-refractivity contribution >= 4 is 11.6 Å². The Labute approximate surface area is 115 Å². The number of piperidine rings is 1. The zero-order chi connectivity index (χ0) is 13.1. The Morgan fingerprint density at radius 2 is 2.17 bits per heavy atom. The van der Waals surface area contributed by atoms with Crippen LogP contribution in [0.4, 0.5) is 0 Å². The van der Waals surface area contributed by atoms with E-state index in [0.29, 0.717) is 11.8 Å². The Hall–Kier alpha value is -0.730. The fourth-order valence-corrected chi connectivity index (χ4v) is 2.84. The molecule has 0 saturated carbocycles. The summed E-state index contributed by atoms with van der Waals surface area (Å²) in [4.78, 5) is 0. The van der Waals surface area contributed by atoms with Gasteiger partial charge in [0.05, 0.1) is 11.1 Å². The second-order valence-electron chi connectivity index (χ2n) is 5.43. The molecule has 1 aliphatic rings. The molecule has 2 rings (SSSR count). The second-order valence-corrected chi connectivity index (χ2v) is 5.84. The Kier molecular flexibility index (Phi) is 4.52. The van der Waals surface area contributed by atoms with E-state index in [1.54, 1.807) is 0 Å². The van der Waals surface area contributed by atoms with Gasteiger partial charge in [-0.15, -0.1) is 0 Å². The molecule has 1 saturated heterocycles. The van der Waals surface area contributed by atoms with Gasteiger partial charge in [-0.1, -0.05) is 24.6 Å². The molecule has 1 heterocycles. The molecule has 1 N–H and O–H groups in total. The molecule has 1 fully saturated rings.